The topological polar surface area (TPSA) is 54.9 Å². The predicted octanol–water partition coefficient (Wildman–Crippen LogP) is 1.74. The summed E-state index contributed by atoms with van der Waals surface area (Å²) in [6.07, 6.45) is 2.19. The van der Waals surface area contributed by atoms with Crippen LogP contribution in [-0.2, 0) is 11.2 Å². The van der Waals surface area contributed by atoms with Crippen molar-refractivity contribution in [3.8, 4) is 11.5 Å². The van der Waals surface area contributed by atoms with Crippen LogP contribution in [0.1, 0.15) is 5.56 Å². The number of benzene rings is 1. The lowest BCUT2D eigenvalue weighted by molar-refractivity contribution is -0.130. The Bertz CT molecular complexity index is 743. The average molecular weight is 339 g/mol. The molecule has 0 atom stereocenters. The molecule has 1 amide bonds. The van der Waals surface area contributed by atoms with E-state index in [1.807, 2.05) is 41.3 Å². The highest BCUT2D eigenvalue weighted by atomic mass is 16.6. The number of aromatic nitrogens is 1. The van der Waals surface area contributed by atoms with Crippen LogP contribution in [0.5, 0.6) is 11.5 Å². The van der Waals surface area contributed by atoms with Gasteiger partial charge in [0.15, 0.2) is 11.5 Å². The van der Waals surface area contributed by atoms with Crippen LogP contribution in [0.3, 0.4) is 0 Å². The highest BCUT2D eigenvalue weighted by Gasteiger charge is 2.22. The quantitative estimate of drug-likeness (QED) is 0.853. The van der Waals surface area contributed by atoms with Crippen molar-refractivity contribution in [2.45, 2.75) is 6.42 Å². The number of carbonyl (C=O) groups is 1. The summed E-state index contributed by atoms with van der Waals surface area (Å²) in [5.41, 5.74) is 0.960. The first-order valence-electron chi connectivity index (χ1n) is 8.62. The molecule has 6 nitrogen and oxygen atoms in total. The van der Waals surface area contributed by atoms with E-state index in [1.165, 1.54) is 0 Å². The maximum atomic E-state index is 12.6. The number of hydrogen-bond acceptors (Lipinski definition) is 5. The summed E-state index contributed by atoms with van der Waals surface area (Å²) >= 11 is 0. The summed E-state index contributed by atoms with van der Waals surface area (Å²) in [6, 6.07) is 11.6. The number of carbonyl (C=O) groups excluding carboxylic acids is 1. The van der Waals surface area contributed by atoms with Crippen molar-refractivity contribution in [3.05, 3.63) is 48.2 Å². The molecule has 3 heterocycles. The van der Waals surface area contributed by atoms with Gasteiger partial charge in [-0.15, -0.1) is 0 Å². The monoisotopic (exact) mass is 339 g/mol. The minimum atomic E-state index is 0.150. The molecule has 4 rings (SSSR count). The molecule has 130 valence electrons. The molecule has 2 aliphatic heterocycles. The second kappa shape index (κ2) is 7.01. The maximum absolute atomic E-state index is 12.6. The fourth-order valence-corrected chi connectivity index (χ4v) is 3.21. The van der Waals surface area contributed by atoms with Crippen LogP contribution in [0, 0.1) is 0 Å². The molecule has 1 saturated heterocycles. The Kier molecular flexibility index (Phi) is 4.41. The molecule has 0 N–H and O–H groups in total. The Morgan fingerprint density at radius 3 is 2.56 bits per heavy atom. The normalized spacial score (nSPS) is 16.6. The van der Waals surface area contributed by atoms with Crippen molar-refractivity contribution < 1.29 is 14.3 Å². The molecule has 0 saturated carbocycles. The van der Waals surface area contributed by atoms with Crippen molar-refractivity contribution >= 4 is 11.7 Å². The van der Waals surface area contributed by atoms with Crippen LogP contribution < -0.4 is 14.4 Å². The summed E-state index contributed by atoms with van der Waals surface area (Å²) in [5, 5.41) is 0. The summed E-state index contributed by atoms with van der Waals surface area (Å²) in [6.45, 7) is 4.19. The van der Waals surface area contributed by atoms with Gasteiger partial charge in [0.05, 0.1) is 6.42 Å². The third kappa shape index (κ3) is 3.52. The maximum Gasteiger partial charge on any atom is 0.227 e. The molecule has 2 aliphatic rings. The van der Waals surface area contributed by atoms with E-state index in [4.69, 9.17) is 9.47 Å². The number of hydrogen-bond donors (Lipinski definition) is 0. The second-order valence-electron chi connectivity index (χ2n) is 6.21. The van der Waals surface area contributed by atoms with Gasteiger partial charge in [0, 0.05) is 32.4 Å². The Morgan fingerprint density at radius 2 is 1.80 bits per heavy atom. The highest BCUT2D eigenvalue weighted by molar-refractivity contribution is 5.79. The molecule has 2 aromatic rings. The highest BCUT2D eigenvalue weighted by Crippen LogP contribution is 2.31. The SMILES string of the molecule is O=C(Cc1ccc2c(c1)OCCO2)N1CCN(c2ccccn2)CC1. The third-order valence-electron chi connectivity index (χ3n) is 4.57. The molecule has 1 fully saturated rings. The molecule has 6 heteroatoms. The number of rotatable bonds is 3. The fourth-order valence-electron chi connectivity index (χ4n) is 3.21. The van der Waals surface area contributed by atoms with Crippen molar-refractivity contribution in [1.29, 1.82) is 0 Å². The van der Waals surface area contributed by atoms with Crippen LogP contribution >= 0.6 is 0 Å². The lowest BCUT2D eigenvalue weighted by atomic mass is 10.1. The fraction of sp³-hybridized carbons (Fsp3) is 0.368. The Morgan fingerprint density at radius 1 is 1.00 bits per heavy atom. The second-order valence-corrected chi connectivity index (χ2v) is 6.21. The lowest BCUT2D eigenvalue weighted by Gasteiger charge is -2.35. The van der Waals surface area contributed by atoms with Crippen LogP contribution in [0.25, 0.3) is 0 Å². The van der Waals surface area contributed by atoms with Crippen molar-refractivity contribution in [1.82, 2.24) is 9.88 Å². The van der Waals surface area contributed by atoms with E-state index in [0.29, 0.717) is 19.6 Å². The summed E-state index contributed by atoms with van der Waals surface area (Å²) in [7, 11) is 0. The zero-order valence-corrected chi connectivity index (χ0v) is 14.1. The van der Waals surface area contributed by atoms with Crippen molar-refractivity contribution in [2.75, 3.05) is 44.3 Å². The lowest BCUT2D eigenvalue weighted by Crippen LogP contribution is -2.49. The Hall–Kier alpha value is -2.76. The van der Waals surface area contributed by atoms with Crippen LogP contribution in [0.15, 0.2) is 42.6 Å². The van der Waals surface area contributed by atoms with Gasteiger partial charge in [-0.2, -0.15) is 0 Å². The van der Waals surface area contributed by atoms with E-state index in [1.54, 1.807) is 6.20 Å². The minimum absolute atomic E-state index is 0.150. The first-order valence-corrected chi connectivity index (χ1v) is 8.62. The zero-order valence-electron chi connectivity index (χ0n) is 14.1. The molecule has 1 aromatic carbocycles. The molecule has 0 aliphatic carbocycles. The largest absolute Gasteiger partial charge is 0.486 e. The molecular weight excluding hydrogens is 318 g/mol. The number of pyridine rings is 1. The number of amides is 1. The number of nitrogens with zero attached hydrogens (tertiary/aromatic N) is 3. The third-order valence-corrected chi connectivity index (χ3v) is 4.57. The summed E-state index contributed by atoms with van der Waals surface area (Å²) in [4.78, 5) is 21.1. The number of ether oxygens (including phenoxy) is 2. The summed E-state index contributed by atoms with van der Waals surface area (Å²) < 4.78 is 11.1. The van der Waals surface area contributed by atoms with E-state index in [0.717, 1.165) is 49.1 Å². The molecular formula is C19H21N3O3. The minimum Gasteiger partial charge on any atom is -0.486 e. The number of piperazine rings is 1. The molecule has 0 radical (unpaired) electrons. The van der Waals surface area contributed by atoms with E-state index < -0.39 is 0 Å². The van der Waals surface area contributed by atoms with Gasteiger partial charge in [0.1, 0.15) is 19.0 Å². The van der Waals surface area contributed by atoms with Gasteiger partial charge >= 0.3 is 0 Å². The smallest absolute Gasteiger partial charge is 0.227 e. The number of anilines is 1. The van der Waals surface area contributed by atoms with E-state index >= 15 is 0 Å². The van der Waals surface area contributed by atoms with E-state index in [-0.39, 0.29) is 5.91 Å². The predicted molar refractivity (Wildman–Crippen MR) is 94.2 cm³/mol. The Labute approximate surface area is 147 Å². The molecule has 1 aromatic heterocycles. The van der Waals surface area contributed by atoms with Gasteiger partial charge < -0.3 is 19.3 Å². The van der Waals surface area contributed by atoms with Gasteiger partial charge in [-0.25, -0.2) is 4.98 Å². The standard InChI is InChI=1S/C19H21N3O3/c23-19(14-15-4-5-16-17(13-15)25-12-11-24-16)22-9-7-21(8-10-22)18-3-1-2-6-20-18/h1-6,13H,7-12,14H2. The first kappa shape index (κ1) is 15.7. The van der Waals surface area contributed by atoms with E-state index in [9.17, 15) is 4.79 Å². The van der Waals surface area contributed by atoms with Gasteiger partial charge in [-0.1, -0.05) is 12.1 Å². The van der Waals surface area contributed by atoms with Crippen molar-refractivity contribution in [3.63, 3.8) is 0 Å². The zero-order chi connectivity index (χ0) is 17.1. The van der Waals surface area contributed by atoms with Crippen LogP contribution in [-0.4, -0.2) is 55.2 Å². The molecule has 0 spiro atoms. The van der Waals surface area contributed by atoms with Gasteiger partial charge in [-0.05, 0) is 29.8 Å². The molecule has 0 unspecified atom stereocenters. The van der Waals surface area contributed by atoms with Gasteiger partial charge in [0.25, 0.3) is 0 Å². The Balaban J connectivity index is 1.35. The van der Waals surface area contributed by atoms with Crippen LogP contribution in [0.4, 0.5) is 5.82 Å². The average Bonchev–Trinajstić information content (AvgIpc) is 2.69. The van der Waals surface area contributed by atoms with Gasteiger partial charge in [-0.3, -0.25) is 4.79 Å². The summed E-state index contributed by atoms with van der Waals surface area (Å²) in [5.74, 6) is 2.61. The van der Waals surface area contributed by atoms with Crippen molar-refractivity contribution in [2.24, 2.45) is 0 Å². The van der Waals surface area contributed by atoms with Crippen LogP contribution in [0.2, 0.25) is 0 Å². The first-order chi connectivity index (χ1) is 12.3. The van der Waals surface area contributed by atoms with E-state index in [2.05, 4.69) is 9.88 Å². The molecule has 25 heavy (non-hydrogen) atoms. The molecule has 0 bridgehead atoms. The number of fused-ring (bicyclic) bond motifs is 1. The van der Waals surface area contributed by atoms with Gasteiger partial charge in [0.2, 0.25) is 5.91 Å².